The predicted octanol–water partition coefficient (Wildman–Crippen LogP) is 6.00. The van der Waals surface area contributed by atoms with Crippen LogP contribution in [-0.4, -0.2) is 22.0 Å². The molecule has 2 bridgehead atoms. The number of nitrogens with zero attached hydrogens (tertiary/aromatic N) is 1. The van der Waals surface area contributed by atoms with Crippen LogP contribution in [0, 0.1) is 36.5 Å². The van der Waals surface area contributed by atoms with Gasteiger partial charge in [-0.2, -0.15) is 0 Å². The number of anilines is 1. The minimum Gasteiger partial charge on any atom is -0.489 e. The molecule has 3 aromatic carbocycles. The van der Waals surface area contributed by atoms with Crippen molar-refractivity contribution in [3.8, 4) is 5.75 Å². The van der Waals surface area contributed by atoms with Crippen LogP contribution in [0.3, 0.4) is 0 Å². The third-order valence-electron chi connectivity index (χ3n) is 9.48. The number of rotatable bonds is 5. The molecule has 8 heteroatoms. The third-order valence-corrected chi connectivity index (χ3v) is 12.1. The number of thioether (sulfide) groups is 1. The number of aryl methyl sites for hydroxylation is 1. The first-order chi connectivity index (χ1) is 20.0. The fourth-order valence-corrected chi connectivity index (χ4v) is 10.8. The van der Waals surface area contributed by atoms with E-state index in [0.717, 1.165) is 38.8 Å². The average molecular weight is 581 g/mol. The van der Waals surface area contributed by atoms with Crippen molar-refractivity contribution in [2.24, 2.45) is 29.6 Å². The van der Waals surface area contributed by atoms with Gasteiger partial charge in [-0.15, -0.1) is 11.8 Å². The van der Waals surface area contributed by atoms with Gasteiger partial charge in [0.25, 0.3) is 0 Å². The number of ether oxygens (including phenoxy) is 1. The van der Waals surface area contributed by atoms with E-state index in [1.807, 2.05) is 73.7 Å². The van der Waals surface area contributed by atoms with Crippen LogP contribution in [-0.2, 0) is 16.2 Å². The van der Waals surface area contributed by atoms with Crippen molar-refractivity contribution >= 4 is 40.6 Å². The zero-order valence-electron chi connectivity index (χ0n) is 22.4. The zero-order valence-corrected chi connectivity index (χ0v) is 24.0. The SMILES string of the molecule is Cc1ccc(N2C(=O)C3C4CC(C3C2=O)C2C4Sc3[nH]c(=O)sc3[C@@H]2c2cccc(OCc3ccccc3)c2)cc1. The summed E-state index contributed by atoms with van der Waals surface area (Å²) < 4.78 is 6.19. The highest BCUT2D eigenvalue weighted by Crippen LogP contribution is 2.68. The van der Waals surface area contributed by atoms with Gasteiger partial charge in [0.1, 0.15) is 12.4 Å². The Morgan fingerprint density at radius 2 is 1.66 bits per heavy atom. The summed E-state index contributed by atoms with van der Waals surface area (Å²) in [6.07, 6.45) is 0.872. The van der Waals surface area contributed by atoms with Crippen LogP contribution in [0.2, 0.25) is 0 Å². The molecule has 1 N–H and O–H groups in total. The Morgan fingerprint density at radius 1 is 0.902 bits per heavy atom. The summed E-state index contributed by atoms with van der Waals surface area (Å²) in [4.78, 5) is 45.8. The number of hydrogen-bond donors (Lipinski definition) is 1. The second-order valence-electron chi connectivity index (χ2n) is 11.7. The van der Waals surface area contributed by atoms with Gasteiger partial charge in [0.2, 0.25) is 11.8 Å². The molecule has 6 unspecified atom stereocenters. The van der Waals surface area contributed by atoms with E-state index in [1.54, 1.807) is 11.8 Å². The smallest absolute Gasteiger partial charge is 0.305 e. The lowest BCUT2D eigenvalue weighted by Gasteiger charge is -2.43. The molecule has 2 aliphatic carbocycles. The van der Waals surface area contributed by atoms with Crippen molar-refractivity contribution in [2.75, 3.05) is 4.90 Å². The standard InChI is InChI=1S/C33H28N2O4S2/c1-17-10-12-20(13-11-17)35-31(36)26-22-15-23(27(26)32(35)37)28-25(22)24(29-30(40-28)34-33(38)41-29)19-8-5-9-21(14-19)39-16-18-6-3-2-4-7-18/h2-14,22-28H,15-16H2,1H3,(H,34,38)/t22?,23?,24-,25?,26?,27?,28?/m1/s1. The van der Waals surface area contributed by atoms with Crippen molar-refractivity contribution in [2.45, 2.75) is 36.1 Å². The van der Waals surface area contributed by atoms with Crippen LogP contribution in [0.4, 0.5) is 5.69 Å². The minimum absolute atomic E-state index is 0.0345. The number of carbonyl (C=O) groups excluding carboxylic acids is 2. The highest BCUT2D eigenvalue weighted by atomic mass is 32.2. The Bertz CT molecular complexity index is 1730. The first-order valence-corrected chi connectivity index (χ1v) is 15.8. The van der Waals surface area contributed by atoms with Crippen molar-refractivity contribution in [3.63, 3.8) is 0 Å². The normalized spacial score (nSPS) is 29.4. The molecule has 6 nitrogen and oxygen atoms in total. The summed E-state index contributed by atoms with van der Waals surface area (Å²) in [5.74, 6) is 0.353. The molecule has 3 fully saturated rings. The van der Waals surface area contributed by atoms with Crippen LogP contribution in [0.5, 0.6) is 5.75 Å². The molecule has 1 aromatic heterocycles. The molecule has 2 amide bonds. The van der Waals surface area contributed by atoms with Gasteiger partial charge in [0.15, 0.2) is 0 Å². The number of aromatic nitrogens is 1. The Hall–Kier alpha value is -3.62. The molecule has 0 radical (unpaired) electrons. The van der Waals surface area contributed by atoms with E-state index in [-0.39, 0.29) is 57.4 Å². The van der Waals surface area contributed by atoms with Gasteiger partial charge in [0, 0.05) is 16.0 Å². The monoisotopic (exact) mass is 580 g/mol. The van der Waals surface area contributed by atoms with Crippen LogP contribution >= 0.6 is 23.1 Å². The Labute approximate surface area is 245 Å². The fourth-order valence-electron chi connectivity index (χ4n) is 7.88. The molecular formula is C33H28N2O4S2. The van der Waals surface area contributed by atoms with Crippen molar-refractivity contribution in [3.05, 3.63) is 110 Å². The molecule has 4 aromatic rings. The van der Waals surface area contributed by atoms with E-state index in [0.29, 0.717) is 12.3 Å². The molecule has 7 atom stereocenters. The summed E-state index contributed by atoms with van der Waals surface area (Å²) >= 11 is 2.99. The summed E-state index contributed by atoms with van der Waals surface area (Å²) in [5, 5.41) is 1.07. The van der Waals surface area contributed by atoms with E-state index in [2.05, 4.69) is 17.1 Å². The fraction of sp³-hybridized carbons (Fsp3) is 0.303. The molecule has 8 rings (SSSR count). The van der Waals surface area contributed by atoms with Crippen LogP contribution < -0.4 is 14.5 Å². The molecule has 3 heterocycles. The number of thiazole rings is 1. The number of carbonyl (C=O) groups is 2. The second-order valence-corrected chi connectivity index (χ2v) is 13.9. The van der Waals surface area contributed by atoms with Gasteiger partial charge in [-0.05, 0) is 66.5 Å². The number of hydrogen-bond acceptors (Lipinski definition) is 6. The second kappa shape index (κ2) is 9.46. The van der Waals surface area contributed by atoms with Crippen LogP contribution in [0.25, 0.3) is 0 Å². The Balaban J connectivity index is 1.16. The minimum atomic E-state index is -0.312. The van der Waals surface area contributed by atoms with Gasteiger partial charge < -0.3 is 9.72 Å². The molecule has 2 saturated carbocycles. The maximum atomic E-state index is 13.9. The summed E-state index contributed by atoms with van der Waals surface area (Å²) in [6, 6.07) is 25.9. The quantitative estimate of drug-likeness (QED) is 0.293. The number of amides is 2. The summed E-state index contributed by atoms with van der Waals surface area (Å²) in [5.41, 5.74) is 3.95. The number of H-pyrrole nitrogens is 1. The van der Waals surface area contributed by atoms with Gasteiger partial charge in [0.05, 0.1) is 22.5 Å². The van der Waals surface area contributed by atoms with Gasteiger partial charge in [-0.25, -0.2) is 0 Å². The number of fused-ring (bicyclic) bond motifs is 9. The van der Waals surface area contributed by atoms with E-state index in [4.69, 9.17) is 4.74 Å². The molecular weight excluding hydrogens is 553 g/mol. The maximum absolute atomic E-state index is 13.9. The number of imide groups is 1. The maximum Gasteiger partial charge on any atom is 0.305 e. The lowest BCUT2D eigenvalue weighted by Crippen LogP contribution is -2.42. The molecule has 1 saturated heterocycles. The topological polar surface area (TPSA) is 79.5 Å². The van der Waals surface area contributed by atoms with Gasteiger partial charge in [-0.1, -0.05) is 71.5 Å². The van der Waals surface area contributed by atoms with Crippen molar-refractivity contribution < 1.29 is 14.3 Å². The molecule has 4 aliphatic rings. The van der Waals surface area contributed by atoms with E-state index < -0.39 is 0 Å². The summed E-state index contributed by atoms with van der Waals surface area (Å²) in [7, 11) is 0. The molecule has 41 heavy (non-hydrogen) atoms. The first-order valence-electron chi connectivity index (χ1n) is 14.1. The van der Waals surface area contributed by atoms with Gasteiger partial charge >= 0.3 is 4.87 Å². The van der Waals surface area contributed by atoms with Crippen LogP contribution in [0.15, 0.2) is 88.7 Å². The molecule has 0 spiro atoms. The third kappa shape index (κ3) is 3.87. The highest BCUT2D eigenvalue weighted by molar-refractivity contribution is 8.00. The summed E-state index contributed by atoms with van der Waals surface area (Å²) in [6.45, 7) is 2.47. The lowest BCUT2D eigenvalue weighted by atomic mass is 9.68. The zero-order chi connectivity index (χ0) is 27.8. The first kappa shape index (κ1) is 25.1. The number of nitrogens with one attached hydrogen (secondary N) is 1. The Kier molecular flexibility index (Phi) is 5.80. The number of benzene rings is 3. The predicted molar refractivity (Wildman–Crippen MR) is 159 cm³/mol. The van der Waals surface area contributed by atoms with E-state index in [9.17, 15) is 14.4 Å². The number of aromatic amines is 1. The van der Waals surface area contributed by atoms with E-state index in [1.165, 1.54) is 16.2 Å². The largest absolute Gasteiger partial charge is 0.489 e. The van der Waals surface area contributed by atoms with Crippen LogP contribution in [0.1, 0.15) is 33.9 Å². The van der Waals surface area contributed by atoms with Crippen molar-refractivity contribution in [1.29, 1.82) is 0 Å². The van der Waals surface area contributed by atoms with Gasteiger partial charge in [-0.3, -0.25) is 19.3 Å². The average Bonchev–Trinajstić information content (AvgIpc) is 3.72. The molecule has 2 aliphatic heterocycles. The molecule has 206 valence electrons. The Morgan fingerprint density at radius 3 is 2.44 bits per heavy atom. The van der Waals surface area contributed by atoms with Crippen molar-refractivity contribution in [1.82, 2.24) is 4.98 Å². The van der Waals surface area contributed by atoms with E-state index >= 15 is 0 Å². The lowest BCUT2D eigenvalue weighted by molar-refractivity contribution is -0.123. The highest BCUT2D eigenvalue weighted by Gasteiger charge is 2.69.